The summed E-state index contributed by atoms with van der Waals surface area (Å²) in [4.78, 5) is 0.761. The number of aromatic nitrogens is 7. The maximum Gasteiger partial charge on any atom is 0.235 e. The van der Waals surface area contributed by atoms with E-state index in [0.717, 1.165) is 32.4 Å². The van der Waals surface area contributed by atoms with Gasteiger partial charge in [-0.2, -0.15) is 9.61 Å². The Morgan fingerprint density at radius 2 is 1.73 bits per heavy atom. The summed E-state index contributed by atoms with van der Waals surface area (Å²) in [6.45, 7) is 0.466. The molecule has 5 rings (SSSR count). The van der Waals surface area contributed by atoms with Gasteiger partial charge in [0.15, 0.2) is 5.82 Å². The van der Waals surface area contributed by atoms with Crippen molar-refractivity contribution in [3.63, 3.8) is 0 Å². The maximum atomic E-state index is 4.61. The first-order chi connectivity index (χ1) is 12.9. The number of rotatable bonds is 4. The van der Waals surface area contributed by atoms with E-state index in [1.807, 2.05) is 59.3 Å². The molecule has 0 saturated carbocycles. The molecule has 0 N–H and O–H groups in total. The first-order valence-electron chi connectivity index (χ1n) is 8.09. The summed E-state index contributed by atoms with van der Waals surface area (Å²) in [5.74, 6) is 0.728. The summed E-state index contributed by atoms with van der Waals surface area (Å²) in [7, 11) is 0. The molecule has 3 heterocycles. The first kappa shape index (κ1) is 14.9. The Hall–Kier alpha value is -3.39. The Kier molecular flexibility index (Phi) is 3.53. The smallest absolute Gasteiger partial charge is 0.235 e. The summed E-state index contributed by atoms with van der Waals surface area (Å²) < 4.78 is 3.58. The molecule has 0 radical (unpaired) electrons. The van der Waals surface area contributed by atoms with E-state index in [4.69, 9.17) is 0 Å². The predicted octanol–water partition coefficient (Wildman–Crippen LogP) is 3.15. The van der Waals surface area contributed by atoms with Crippen LogP contribution in [0.3, 0.4) is 0 Å². The Morgan fingerprint density at radius 3 is 2.65 bits per heavy atom. The minimum absolute atomic E-state index is 0.466. The molecule has 0 fully saturated rings. The maximum absolute atomic E-state index is 4.61. The molecule has 0 atom stereocenters. The van der Waals surface area contributed by atoms with Crippen LogP contribution in [0.2, 0.25) is 0 Å². The van der Waals surface area contributed by atoms with Crippen LogP contribution in [0.5, 0.6) is 0 Å². The number of benzene rings is 2. The van der Waals surface area contributed by atoms with Crippen molar-refractivity contribution in [3.8, 4) is 0 Å². The van der Waals surface area contributed by atoms with Crippen LogP contribution in [-0.4, -0.2) is 34.8 Å². The molecule has 0 bridgehead atoms. The van der Waals surface area contributed by atoms with Crippen LogP contribution in [-0.2, 0) is 6.54 Å². The molecule has 0 unspecified atom stereocenters. The van der Waals surface area contributed by atoms with Crippen LogP contribution < -0.4 is 0 Å². The fraction of sp³-hybridized carbons (Fsp3) is 0.0556. The molecule has 5 aromatic rings. The van der Waals surface area contributed by atoms with Crippen molar-refractivity contribution < 1.29 is 0 Å². The van der Waals surface area contributed by atoms with Gasteiger partial charge in [-0.3, -0.25) is 0 Å². The molecule has 0 saturated heterocycles. The molecule has 26 heavy (non-hydrogen) atoms. The normalized spacial score (nSPS) is 11.8. The van der Waals surface area contributed by atoms with Crippen molar-refractivity contribution in [2.75, 3.05) is 0 Å². The molecule has 0 spiro atoms. The zero-order valence-electron chi connectivity index (χ0n) is 13.6. The third-order valence-electron chi connectivity index (χ3n) is 4.00. The van der Waals surface area contributed by atoms with Crippen LogP contribution >= 0.6 is 11.3 Å². The summed E-state index contributed by atoms with van der Waals surface area (Å²) >= 11 is 1.50. The lowest BCUT2D eigenvalue weighted by atomic mass is 10.2. The van der Waals surface area contributed by atoms with Gasteiger partial charge < -0.3 is 0 Å². The van der Waals surface area contributed by atoms with Gasteiger partial charge in [-0.25, -0.2) is 4.68 Å². The average Bonchev–Trinajstić information content (AvgIpc) is 3.37. The molecule has 0 aliphatic rings. The van der Waals surface area contributed by atoms with E-state index in [2.05, 4.69) is 37.7 Å². The molecular weight excluding hydrogens is 346 g/mol. The highest BCUT2D eigenvalue weighted by Gasteiger charge is 2.13. The summed E-state index contributed by atoms with van der Waals surface area (Å²) in [6.07, 6.45) is 4.03. The minimum atomic E-state index is 0.466. The van der Waals surface area contributed by atoms with E-state index < -0.39 is 0 Å². The van der Waals surface area contributed by atoms with Crippen molar-refractivity contribution in [1.29, 1.82) is 0 Å². The van der Waals surface area contributed by atoms with Crippen LogP contribution in [0.4, 0.5) is 0 Å². The van der Waals surface area contributed by atoms with E-state index in [1.165, 1.54) is 11.3 Å². The SMILES string of the molecule is C(=C\c1nn2c(Cn3nnc4ccccc43)nnc2s1)/c1ccccc1. The van der Waals surface area contributed by atoms with Crippen LogP contribution in [0.15, 0.2) is 54.6 Å². The third kappa shape index (κ3) is 2.66. The Labute approximate surface area is 152 Å². The lowest BCUT2D eigenvalue weighted by molar-refractivity contribution is 0.628. The van der Waals surface area contributed by atoms with Gasteiger partial charge in [0.1, 0.15) is 17.1 Å². The monoisotopic (exact) mass is 359 g/mol. The predicted molar refractivity (Wildman–Crippen MR) is 101 cm³/mol. The molecule has 8 heteroatoms. The molecule has 0 aliphatic carbocycles. The van der Waals surface area contributed by atoms with Gasteiger partial charge in [0.05, 0.1) is 5.52 Å². The highest BCUT2D eigenvalue weighted by atomic mass is 32.1. The molecule has 2 aromatic carbocycles. The van der Waals surface area contributed by atoms with Crippen molar-refractivity contribution in [3.05, 3.63) is 71.0 Å². The van der Waals surface area contributed by atoms with E-state index in [9.17, 15) is 0 Å². The van der Waals surface area contributed by atoms with Gasteiger partial charge in [-0.05, 0) is 23.8 Å². The van der Waals surface area contributed by atoms with Gasteiger partial charge >= 0.3 is 0 Å². The molecule has 7 nitrogen and oxygen atoms in total. The second-order valence-electron chi connectivity index (χ2n) is 5.73. The zero-order chi connectivity index (χ0) is 17.3. The van der Waals surface area contributed by atoms with Gasteiger partial charge in [-0.15, -0.1) is 15.3 Å². The number of fused-ring (bicyclic) bond motifs is 2. The van der Waals surface area contributed by atoms with Crippen molar-refractivity contribution >= 4 is 39.5 Å². The first-order valence-corrected chi connectivity index (χ1v) is 8.91. The van der Waals surface area contributed by atoms with Crippen LogP contribution in [0.25, 0.3) is 28.1 Å². The van der Waals surface area contributed by atoms with E-state index in [1.54, 1.807) is 4.52 Å². The van der Waals surface area contributed by atoms with Gasteiger partial charge in [0.25, 0.3) is 0 Å². The fourth-order valence-electron chi connectivity index (χ4n) is 2.74. The summed E-state index contributed by atoms with van der Waals surface area (Å²) in [5, 5.41) is 22.3. The van der Waals surface area contributed by atoms with Crippen molar-refractivity contribution in [2.45, 2.75) is 6.54 Å². The fourth-order valence-corrected chi connectivity index (χ4v) is 3.50. The van der Waals surface area contributed by atoms with E-state index in [-0.39, 0.29) is 0 Å². The molecule has 0 aliphatic heterocycles. The zero-order valence-corrected chi connectivity index (χ0v) is 14.4. The Bertz CT molecular complexity index is 1220. The highest BCUT2D eigenvalue weighted by molar-refractivity contribution is 7.17. The van der Waals surface area contributed by atoms with E-state index >= 15 is 0 Å². The highest BCUT2D eigenvalue weighted by Crippen LogP contribution is 2.18. The molecule has 126 valence electrons. The third-order valence-corrected chi connectivity index (χ3v) is 4.86. The molecular formula is C18H13N7S. The average molecular weight is 359 g/mol. The summed E-state index contributed by atoms with van der Waals surface area (Å²) in [5.41, 5.74) is 2.95. The lowest BCUT2D eigenvalue weighted by Crippen LogP contribution is -2.06. The van der Waals surface area contributed by atoms with Gasteiger partial charge in [0.2, 0.25) is 4.96 Å². The standard InChI is InChI=1S/C18H13N7S/c1-2-6-13(7-3-1)10-11-17-22-25-16(20-21-18(25)26-17)12-24-15-9-5-4-8-14(15)19-23-24/h1-11H,12H2/b11-10+. The van der Waals surface area contributed by atoms with Gasteiger partial charge in [-0.1, -0.05) is 65.1 Å². The number of nitrogens with zero attached hydrogens (tertiary/aromatic N) is 7. The second kappa shape index (κ2) is 6.16. The largest absolute Gasteiger partial charge is 0.237 e. The van der Waals surface area contributed by atoms with Gasteiger partial charge in [0, 0.05) is 0 Å². The number of para-hydroxylation sites is 1. The van der Waals surface area contributed by atoms with Crippen LogP contribution in [0, 0.1) is 0 Å². The quantitative estimate of drug-likeness (QED) is 0.493. The molecule has 3 aromatic heterocycles. The Balaban J connectivity index is 1.46. The summed E-state index contributed by atoms with van der Waals surface area (Å²) in [6, 6.07) is 18.0. The molecule has 0 amide bonds. The lowest BCUT2D eigenvalue weighted by Gasteiger charge is -1.98. The second-order valence-corrected chi connectivity index (χ2v) is 6.72. The minimum Gasteiger partial charge on any atom is -0.237 e. The topological polar surface area (TPSA) is 73.8 Å². The van der Waals surface area contributed by atoms with Crippen LogP contribution in [0.1, 0.15) is 16.4 Å². The van der Waals surface area contributed by atoms with E-state index in [0.29, 0.717) is 6.54 Å². The number of hydrogen-bond donors (Lipinski definition) is 0. The number of hydrogen-bond acceptors (Lipinski definition) is 6. The van der Waals surface area contributed by atoms with Crippen molar-refractivity contribution in [2.24, 2.45) is 0 Å². The Morgan fingerprint density at radius 1 is 0.885 bits per heavy atom. The van der Waals surface area contributed by atoms with Crippen molar-refractivity contribution in [1.82, 2.24) is 34.8 Å².